The Bertz CT molecular complexity index is 707. The lowest BCUT2D eigenvalue weighted by molar-refractivity contribution is 0.412. The third-order valence-corrected chi connectivity index (χ3v) is 3.38. The molecule has 3 heteroatoms. The number of fused-ring (bicyclic) bond motifs is 1. The van der Waals surface area contributed by atoms with Crippen LogP contribution in [0.5, 0.6) is 5.75 Å². The van der Waals surface area contributed by atoms with Gasteiger partial charge in [0.05, 0.1) is 18.5 Å². The molecule has 1 heterocycles. The van der Waals surface area contributed by atoms with Crippen LogP contribution in [-0.4, -0.2) is 12.2 Å². The van der Waals surface area contributed by atoms with E-state index in [-0.39, 0.29) is 6.04 Å². The van der Waals surface area contributed by atoms with Crippen molar-refractivity contribution >= 4 is 5.76 Å². The van der Waals surface area contributed by atoms with Crippen molar-refractivity contribution in [2.24, 2.45) is 4.99 Å². The van der Waals surface area contributed by atoms with E-state index in [1.165, 1.54) is 0 Å². The molecule has 0 unspecified atom stereocenters. The average Bonchev–Trinajstić information content (AvgIpc) is 2.47. The molecular formula is C16H15NO2. The van der Waals surface area contributed by atoms with Crippen LogP contribution in [0.4, 0.5) is 0 Å². The topological polar surface area (TPSA) is 41.8 Å². The van der Waals surface area contributed by atoms with Crippen LogP contribution in [0.3, 0.4) is 0 Å². The van der Waals surface area contributed by atoms with Gasteiger partial charge in [-0.3, -0.25) is 4.99 Å². The molecule has 0 amide bonds. The van der Waals surface area contributed by atoms with Crippen molar-refractivity contribution in [3.05, 3.63) is 64.7 Å². The first kappa shape index (κ1) is 11.8. The Hall–Kier alpha value is -2.29. The zero-order valence-corrected chi connectivity index (χ0v) is 10.7. The highest BCUT2D eigenvalue weighted by atomic mass is 16.5. The highest BCUT2D eigenvalue weighted by molar-refractivity contribution is 5.41. The lowest BCUT2D eigenvalue weighted by Crippen LogP contribution is -2.32. The van der Waals surface area contributed by atoms with Gasteiger partial charge in [0.1, 0.15) is 11.5 Å². The summed E-state index contributed by atoms with van der Waals surface area (Å²) in [6.45, 7) is 0. The molecule has 3 nitrogen and oxygen atoms in total. The number of methoxy groups -OCH3 is 1. The normalized spacial score (nSPS) is 17.5. The maximum atomic E-state index is 10.2. The Kier molecular flexibility index (Phi) is 2.95. The van der Waals surface area contributed by atoms with Crippen LogP contribution in [0.25, 0.3) is 5.76 Å². The fourth-order valence-electron chi connectivity index (χ4n) is 2.36. The van der Waals surface area contributed by atoms with Crippen molar-refractivity contribution in [3.63, 3.8) is 0 Å². The highest BCUT2D eigenvalue weighted by Gasteiger charge is 2.16. The number of ether oxygens (including phenoxy) is 1. The molecule has 1 atom stereocenters. The molecule has 2 aromatic carbocycles. The van der Waals surface area contributed by atoms with Crippen LogP contribution >= 0.6 is 0 Å². The second-order valence-electron chi connectivity index (χ2n) is 4.59. The third kappa shape index (κ3) is 2.19. The minimum atomic E-state index is -0.0270. The predicted molar refractivity (Wildman–Crippen MR) is 73.6 cm³/mol. The predicted octanol–water partition coefficient (Wildman–Crippen LogP) is 2.13. The Morgan fingerprint density at radius 3 is 2.68 bits per heavy atom. The van der Waals surface area contributed by atoms with Crippen LogP contribution in [0, 0.1) is 0 Å². The van der Waals surface area contributed by atoms with Gasteiger partial charge in [0.2, 0.25) is 0 Å². The van der Waals surface area contributed by atoms with E-state index in [4.69, 9.17) is 9.73 Å². The summed E-state index contributed by atoms with van der Waals surface area (Å²) in [6.07, 6.45) is 0.545. The van der Waals surface area contributed by atoms with E-state index in [1.54, 1.807) is 7.11 Å². The maximum absolute atomic E-state index is 10.2. The van der Waals surface area contributed by atoms with Crippen LogP contribution in [-0.2, 0) is 0 Å². The van der Waals surface area contributed by atoms with Crippen LogP contribution < -0.4 is 15.3 Å². The molecule has 0 spiro atoms. The van der Waals surface area contributed by atoms with Gasteiger partial charge in [0.25, 0.3) is 0 Å². The summed E-state index contributed by atoms with van der Waals surface area (Å²) in [6, 6.07) is 15.6. The molecule has 0 aromatic heterocycles. The van der Waals surface area contributed by atoms with Crippen molar-refractivity contribution in [3.8, 4) is 5.75 Å². The fraction of sp³-hybridized carbons (Fsp3) is 0.188. The molecule has 0 radical (unpaired) electrons. The number of aliphatic hydroxyl groups is 1. The van der Waals surface area contributed by atoms with Gasteiger partial charge >= 0.3 is 0 Å². The first-order chi connectivity index (χ1) is 9.28. The number of aliphatic hydroxyl groups excluding tert-OH is 1. The second kappa shape index (κ2) is 4.76. The quantitative estimate of drug-likeness (QED) is 0.890. The zero-order valence-electron chi connectivity index (χ0n) is 10.7. The molecule has 0 aliphatic carbocycles. The van der Waals surface area contributed by atoms with Crippen molar-refractivity contribution in [2.45, 2.75) is 12.5 Å². The average molecular weight is 253 g/mol. The zero-order chi connectivity index (χ0) is 13.2. The van der Waals surface area contributed by atoms with Gasteiger partial charge in [-0.15, -0.1) is 0 Å². The lowest BCUT2D eigenvalue weighted by atomic mass is 10.00. The summed E-state index contributed by atoms with van der Waals surface area (Å²) in [4.78, 5) is 4.71. The standard InChI is InChI=1S/C16H15NO2/c1-19-12-7-8-13-15(9-12)17-14(10-16(13)18)11-5-3-2-4-6-11/h2-9,14,18H,10H2,1H3/t14-/m0/s1. The molecule has 0 saturated carbocycles. The Balaban J connectivity index is 2.13. The van der Waals surface area contributed by atoms with Gasteiger partial charge in [-0.2, -0.15) is 0 Å². The third-order valence-electron chi connectivity index (χ3n) is 3.38. The number of benzene rings is 2. The molecule has 3 rings (SSSR count). The lowest BCUT2D eigenvalue weighted by Gasteiger charge is -2.16. The molecule has 96 valence electrons. The Morgan fingerprint density at radius 1 is 1.16 bits per heavy atom. The van der Waals surface area contributed by atoms with E-state index in [0.29, 0.717) is 12.2 Å². The Morgan fingerprint density at radius 2 is 1.95 bits per heavy atom. The molecule has 0 saturated heterocycles. The summed E-state index contributed by atoms with van der Waals surface area (Å²) in [5.74, 6) is 1.14. The van der Waals surface area contributed by atoms with Gasteiger partial charge in [-0.1, -0.05) is 30.3 Å². The van der Waals surface area contributed by atoms with E-state index < -0.39 is 0 Å². The van der Waals surface area contributed by atoms with E-state index in [2.05, 4.69) is 0 Å². The number of hydrogen-bond acceptors (Lipinski definition) is 3. The van der Waals surface area contributed by atoms with Crippen LogP contribution in [0.15, 0.2) is 53.5 Å². The van der Waals surface area contributed by atoms with Gasteiger partial charge in [-0.05, 0) is 17.7 Å². The van der Waals surface area contributed by atoms with E-state index >= 15 is 0 Å². The molecule has 1 N–H and O–H groups in total. The Labute approximate surface area is 111 Å². The highest BCUT2D eigenvalue weighted by Crippen LogP contribution is 2.25. The largest absolute Gasteiger partial charge is 0.512 e. The molecular weight excluding hydrogens is 238 g/mol. The van der Waals surface area contributed by atoms with Crippen molar-refractivity contribution in [2.75, 3.05) is 7.11 Å². The second-order valence-corrected chi connectivity index (χ2v) is 4.59. The number of nitrogens with zero attached hydrogens (tertiary/aromatic N) is 1. The van der Waals surface area contributed by atoms with E-state index in [0.717, 1.165) is 21.9 Å². The molecule has 0 bridgehead atoms. The number of rotatable bonds is 2. The first-order valence-corrected chi connectivity index (χ1v) is 6.27. The van der Waals surface area contributed by atoms with Gasteiger partial charge in [-0.25, -0.2) is 0 Å². The van der Waals surface area contributed by atoms with Crippen LogP contribution in [0.2, 0.25) is 0 Å². The SMILES string of the molecule is COc1ccc2c(c1)=N[C@H](c1ccccc1)CC=2O. The van der Waals surface area contributed by atoms with Crippen LogP contribution in [0.1, 0.15) is 18.0 Å². The van der Waals surface area contributed by atoms with Gasteiger partial charge < -0.3 is 9.84 Å². The molecule has 19 heavy (non-hydrogen) atoms. The van der Waals surface area contributed by atoms with Gasteiger partial charge in [0, 0.05) is 17.7 Å². The summed E-state index contributed by atoms with van der Waals surface area (Å²) < 4.78 is 5.21. The molecule has 2 aromatic rings. The van der Waals surface area contributed by atoms with E-state index in [1.807, 2.05) is 48.5 Å². The van der Waals surface area contributed by atoms with Crippen molar-refractivity contribution in [1.82, 2.24) is 0 Å². The maximum Gasteiger partial charge on any atom is 0.121 e. The molecule has 1 aliphatic rings. The van der Waals surface area contributed by atoms with Gasteiger partial charge in [0.15, 0.2) is 0 Å². The fourth-order valence-corrected chi connectivity index (χ4v) is 2.36. The molecule has 1 aliphatic heterocycles. The smallest absolute Gasteiger partial charge is 0.121 e. The summed E-state index contributed by atoms with van der Waals surface area (Å²) >= 11 is 0. The summed E-state index contributed by atoms with van der Waals surface area (Å²) in [7, 11) is 1.63. The minimum Gasteiger partial charge on any atom is -0.512 e. The summed E-state index contributed by atoms with van der Waals surface area (Å²) in [5.41, 5.74) is 1.11. The monoisotopic (exact) mass is 253 g/mol. The van der Waals surface area contributed by atoms with E-state index in [9.17, 15) is 5.11 Å². The minimum absolute atomic E-state index is 0.0270. The first-order valence-electron chi connectivity index (χ1n) is 6.27. The number of hydrogen-bond donors (Lipinski definition) is 1. The van der Waals surface area contributed by atoms with Crippen molar-refractivity contribution < 1.29 is 9.84 Å². The van der Waals surface area contributed by atoms with Crippen molar-refractivity contribution in [1.29, 1.82) is 0 Å². The summed E-state index contributed by atoms with van der Waals surface area (Å²) in [5, 5.41) is 11.8. The molecule has 0 fully saturated rings.